The summed E-state index contributed by atoms with van der Waals surface area (Å²) in [4.78, 5) is 20.9. The Morgan fingerprint density at radius 2 is 1.76 bits per heavy atom. The first-order valence-electron chi connectivity index (χ1n) is 7.73. The smallest absolute Gasteiger partial charge is 0.197 e. The summed E-state index contributed by atoms with van der Waals surface area (Å²) < 4.78 is 5.90. The molecule has 0 saturated carbocycles. The van der Waals surface area contributed by atoms with Gasteiger partial charge >= 0.3 is 0 Å². The largest absolute Gasteiger partial charge is 0.361 e. The molecule has 0 radical (unpaired) electrons. The van der Waals surface area contributed by atoms with Gasteiger partial charge in [-0.2, -0.15) is 5.26 Å². The monoisotopic (exact) mass is 329 g/mol. The fraction of sp³-hybridized carbons (Fsp3) is 0.100. The normalized spacial score (nSPS) is 11.5. The minimum atomic E-state index is -0.770. The van der Waals surface area contributed by atoms with Gasteiger partial charge in [0.05, 0.1) is 18.2 Å². The zero-order chi connectivity index (χ0) is 17.5. The van der Waals surface area contributed by atoms with E-state index in [1.807, 2.05) is 18.2 Å². The number of pyridine rings is 2. The molecule has 5 heteroatoms. The molecule has 2 heterocycles. The number of carbonyl (C=O) groups is 1. The molecular weight excluding hydrogens is 314 g/mol. The first-order valence-corrected chi connectivity index (χ1v) is 7.73. The van der Waals surface area contributed by atoms with Gasteiger partial charge in [-0.25, -0.2) is 0 Å². The molecule has 1 unspecified atom stereocenters. The number of benzene rings is 1. The molecule has 0 aliphatic carbocycles. The van der Waals surface area contributed by atoms with E-state index in [0.29, 0.717) is 16.7 Å². The van der Waals surface area contributed by atoms with Crippen molar-refractivity contribution in [2.75, 3.05) is 0 Å². The van der Waals surface area contributed by atoms with Crippen LogP contribution in [0.4, 0.5) is 0 Å². The van der Waals surface area contributed by atoms with Gasteiger partial charge in [0.1, 0.15) is 6.10 Å². The number of nitrogens with zero attached hydrogens (tertiary/aromatic N) is 3. The summed E-state index contributed by atoms with van der Waals surface area (Å²) in [6.07, 6.45) is 5.64. The molecule has 3 aromatic rings. The minimum Gasteiger partial charge on any atom is -0.361 e. The van der Waals surface area contributed by atoms with Crippen LogP contribution in [0.5, 0.6) is 0 Å². The highest BCUT2D eigenvalue weighted by Crippen LogP contribution is 2.23. The maximum atomic E-state index is 12.8. The van der Waals surface area contributed by atoms with Gasteiger partial charge in [-0.1, -0.05) is 18.2 Å². The van der Waals surface area contributed by atoms with Crippen LogP contribution < -0.4 is 0 Å². The molecule has 0 aliphatic heterocycles. The van der Waals surface area contributed by atoms with Gasteiger partial charge in [0.2, 0.25) is 0 Å². The van der Waals surface area contributed by atoms with E-state index in [1.54, 1.807) is 48.9 Å². The molecule has 0 bridgehead atoms. The molecular formula is C20H15N3O2. The van der Waals surface area contributed by atoms with Crippen LogP contribution in [0.1, 0.15) is 33.2 Å². The summed E-state index contributed by atoms with van der Waals surface area (Å²) in [5, 5.41) is 8.86. The number of nitriles is 1. The molecule has 0 fully saturated rings. The second kappa shape index (κ2) is 7.95. The van der Waals surface area contributed by atoms with Crippen molar-refractivity contribution in [3.05, 3.63) is 95.6 Å². The van der Waals surface area contributed by atoms with Gasteiger partial charge in [-0.3, -0.25) is 14.8 Å². The zero-order valence-corrected chi connectivity index (χ0v) is 13.4. The maximum absolute atomic E-state index is 12.8. The molecule has 1 aromatic carbocycles. The Morgan fingerprint density at radius 1 is 1.04 bits per heavy atom. The van der Waals surface area contributed by atoms with Crippen molar-refractivity contribution in [3.63, 3.8) is 0 Å². The van der Waals surface area contributed by atoms with Crippen molar-refractivity contribution in [3.8, 4) is 6.07 Å². The lowest BCUT2D eigenvalue weighted by Crippen LogP contribution is -2.17. The number of carbonyl (C=O) groups excluding carboxylic acids is 1. The average molecular weight is 329 g/mol. The molecule has 0 spiro atoms. The number of ketones is 1. The van der Waals surface area contributed by atoms with Crippen LogP contribution >= 0.6 is 0 Å². The minimum absolute atomic E-state index is 0.172. The van der Waals surface area contributed by atoms with Crippen LogP contribution in [0.3, 0.4) is 0 Å². The number of rotatable bonds is 6. The van der Waals surface area contributed by atoms with Crippen molar-refractivity contribution in [1.29, 1.82) is 5.26 Å². The summed E-state index contributed by atoms with van der Waals surface area (Å²) >= 11 is 0. The first-order chi connectivity index (χ1) is 12.3. The molecule has 0 aliphatic rings. The highest BCUT2D eigenvalue weighted by molar-refractivity contribution is 5.99. The van der Waals surface area contributed by atoms with E-state index < -0.39 is 6.10 Å². The van der Waals surface area contributed by atoms with E-state index in [2.05, 4.69) is 16.0 Å². The SMILES string of the molecule is N#Cc1ccc(COC(C(=O)c2cccnc2)c2cccnc2)cc1. The molecule has 122 valence electrons. The van der Waals surface area contributed by atoms with E-state index in [4.69, 9.17) is 10.00 Å². The van der Waals surface area contributed by atoms with Crippen LogP contribution in [0.15, 0.2) is 73.3 Å². The third-order valence-corrected chi connectivity index (χ3v) is 3.67. The Hall–Kier alpha value is -3.36. The third kappa shape index (κ3) is 4.14. The Balaban J connectivity index is 1.81. The number of aromatic nitrogens is 2. The van der Waals surface area contributed by atoms with Gasteiger partial charge in [0, 0.05) is 35.9 Å². The van der Waals surface area contributed by atoms with E-state index >= 15 is 0 Å². The lowest BCUT2D eigenvalue weighted by molar-refractivity contribution is 0.0332. The number of Topliss-reactive ketones (excluding diaryl/α,β-unsaturated/α-hetero) is 1. The Labute approximate surface area is 145 Å². The molecule has 5 nitrogen and oxygen atoms in total. The van der Waals surface area contributed by atoms with E-state index in [9.17, 15) is 4.79 Å². The summed E-state index contributed by atoms with van der Waals surface area (Å²) in [6, 6.07) is 16.2. The standard InChI is InChI=1S/C20H15N3O2/c21-11-15-5-7-16(8-6-15)14-25-20(18-4-2-10-23-13-18)19(24)17-3-1-9-22-12-17/h1-10,12-13,20H,14H2. The Bertz CT molecular complexity index is 872. The summed E-state index contributed by atoms with van der Waals surface area (Å²) in [5.41, 5.74) is 2.63. The Morgan fingerprint density at radius 3 is 2.36 bits per heavy atom. The van der Waals surface area contributed by atoms with Gasteiger partial charge in [-0.15, -0.1) is 0 Å². The lowest BCUT2D eigenvalue weighted by Gasteiger charge is -2.17. The van der Waals surface area contributed by atoms with Crippen molar-refractivity contribution < 1.29 is 9.53 Å². The van der Waals surface area contributed by atoms with Crippen LogP contribution in [0.2, 0.25) is 0 Å². The summed E-state index contributed by atoms with van der Waals surface area (Å²) in [7, 11) is 0. The predicted octanol–water partition coefficient (Wildman–Crippen LogP) is 3.49. The first kappa shape index (κ1) is 16.5. The average Bonchev–Trinajstić information content (AvgIpc) is 2.70. The quantitative estimate of drug-likeness (QED) is 0.647. The van der Waals surface area contributed by atoms with Crippen LogP contribution in [-0.2, 0) is 11.3 Å². The van der Waals surface area contributed by atoms with Crippen LogP contribution in [-0.4, -0.2) is 15.8 Å². The van der Waals surface area contributed by atoms with E-state index in [-0.39, 0.29) is 12.4 Å². The zero-order valence-electron chi connectivity index (χ0n) is 13.4. The highest BCUT2D eigenvalue weighted by atomic mass is 16.5. The molecule has 0 amide bonds. The summed E-state index contributed by atoms with van der Waals surface area (Å²) in [6.45, 7) is 0.247. The van der Waals surface area contributed by atoms with Gasteiger partial charge in [0.15, 0.2) is 5.78 Å². The number of hydrogen-bond acceptors (Lipinski definition) is 5. The van der Waals surface area contributed by atoms with Gasteiger partial charge in [-0.05, 0) is 35.9 Å². The highest BCUT2D eigenvalue weighted by Gasteiger charge is 2.23. The summed E-state index contributed by atoms with van der Waals surface area (Å²) in [5.74, 6) is -0.172. The van der Waals surface area contributed by atoms with Crippen LogP contribution in [0.25, 0.3) is 0 Å². The fourth-order valence-electron chi connectivity index (χ4n) is 2.37. The van der Waals surface area contributed by atoms with Gasteiger partial charge < -0.3 is 4.74 Å². The second-order valence-electron chi connectivity index (χ2n) is 5.39. The Kier molecular flexibility index (Phi) is 5.25. The van der Waals surface area contributed by atoms with Crippen molar-refractivity contribution >= 4 is 5.78 Å². The van der Waals surface area contributed by atoms with Crippen molar-refractivity contribution in [2.24, 2.45) is 0 Å². The van der Waals surface area contributed by atoms with Crippen molar-refractivity contribution in [1.82, 2.24) is 9.97 Å². The topological polar surface area (TPSA) is 75.9 Å². The number of ether oxygens (including phenoxy) is 1. The van der Waals surface area contributed by atoms with E-state index in [0.717, 1.165) is 5.56 Å². The molecule has 2 aromatic heterocycles. The molecule has 0 saturated heterocycles. The van der Waals surface area contributed by atoms with Crippen molar-refractivity contribution in [2.45, 2.75) is 12.7 Å². The van der Waals surface area contributed by atoms with Gasteiger partial charge in [0.25, 0.3) is 0 Å². The van der Waals surface area contributed by atoms with E-state index in [1.165, 1.54) is 6.20 Å². The fourth-order valence-corrected chi connectivity index (χ4v) is 2.37. The number of hydrogen-bond donors (Lipinski definition) is 0. The third-order valence-electron chi connectivity index (χ3n) is 3.67. The maximum Gasteiger partial charge on any atom is 0.197 e. The second-order valence-corrected chi connectivity index (χ2v) is 5.39. The molecule has 25 heavy (non-hydrogen) atoms. The van der Waals surface area contributed by atoms with Crippen LogP contribution in [0, 0.1) is 11.3 Å². The predicted molar refractivity (Wildman–Crippen MR) is 91.5 cm³/mol. The molecule has 1 atom stereocenters. The molecule has 0 N–H and O–H groups in total. The lowest BCUT2D eigenvalue weighted by atomic mass is 10.0. The molecule has 3 rings (SSSR count).